The number of piperidine rings is 1. The van der Waals surface area contributed by atoms with Crippen molar-refractivity contribution in [1.82, 2.24) is 15.5 Å². The molecule has 1 aromatic carbocycles. The molecule has 1 aliphatic heterocycles. The summed E-state index contributed by atoms with van der Waals surface area (Å²) in [5.41, 5.74) is -1.25. The highest BCUT2D eigenvalue weighted by Gasteiger charge is 2.42. The van der Waals surface area contributed by atoms with Crippen LogP contribution in [-0.4, -0.2) is 60.2 Å². The van der Waals surface area contributed by atoms with Gasteiger partial charge < -0.3 is 25.4 Å². The van der Waals surface area contributed by atoms with Crippen LogP contribution in [0.25, 0.3) is 0 Å². The van der Waals surface area contributed by atoms with Gasteiger partial charge in [0.1, 0.15) is 11.6 Å². The largest absolute Gasteiger partial charge is 0.497 e. The van der Waals surface area contributed by atoms with E-state index in [0.29, 0.717) is 30.7 Å². The lowest BCUT2D eigenvalue weighted by molar-refractivity contribution is -0.157. The van der Waals surface area contributed by atoms with Crippen LogP contribution in [0.2, 0.25) is 0 Å². The Balaban J connectivity index is 1.58. The first-order valence-electron chi connectivity index (χ1n) is 9.25. The zero-order valence-corrected chi connectivity index (χ0v) is 15.5. The number of carbonyl (C=O) groups is 2. The van der Waals surface area contributed by atoms with Gasteiger partial charge in [0.2, 0.25) is 5.91 Å². The van der Waals surface area contributed by atoms with Crippen molar-refractivity contribution in [2.24, 2.45) is 0 Å². The van der Waals surface area contributed by atoms with E-state index >= 15 is 0 Å². The van der Waals surface area contributed by atoms with Crippen molar-refractivity contribution in [1.29, 1.82) is 0 Å². The number of aliphatic hydroxyl groups is 1. The molecular weight excluding hydrogens is 353 g/mol. The van der Waals surface area contributed by atoms with E-state index in [1.807, 2.05) is 0 Å². The number of amides is 2. The minimum absolute atomic E-state index is 0.0129. The van der Waals surface area contributed by atoms with Crippen molar-refractivity contribution in [3.05, 3.63) is 29.6 Å². The second-order valence-corrected chi connectivity index (χ2v) is 7.26. The van der Waals surface area contributed by atoms with Gasteiger partial charge >= 0.3 is 0 Å². The second-order valence-electron chi connectivity index (χ2n) is 7.26. The summed E-state index contributed by atoms with van der Waals surface area (Å²) in [4.78, 5) is 25.9. The fraction of sp³-hybridized carbons (Fsp3) is 0.579. The SMILES string of the molecule is COc1ccc(F)c(CN2CCCC(O)(CNCC(=O)NC3CC3)C2=O)c1. The van der Waals surface area contributed by atoms with Gasteiger partial charge in [0.15, 0.2) is 5.60 Å². The fourth-order valence-electron chi connectivity index (χ4n) is 3.27. The monoisotopic (exact) mass is 379 g/mol. The van der Waals surface area contributed by atoms with Crippen molar-refractivity contribution >= 4 is 11.8 Å². The molecule has 0 aromatic heterocycles. The molecule has 7 nitrogen and oxygen atoms in total. The summed E-state index contributed by atoms with van der Waals surface area (Å²) in [5.74, 6) is -0.507. The molecule has 1 heterocycles. The maximum atomic E-state index is 14.1. The first kappa shape index (κ1) is 19.6. The van der Waals surface area contributed by atoms with Gasteiger partial charge in [0.25, 0.3) is 5.91 Å². The van der Waals surface area contributed by atoms with Crippen LogP contribution >= 0.6 is 0 Å². The van der Waals surface area contributed by atoms with E-state index < -0.39 is 17.3 Å². The van der Waals surface area contributed by atoms with Gasteiger partial charge in [-0.05, 0) is 43.9 Å². The maximum absolute atomic E-state index is 14.1. The molecule has 0 radical (unpaired) electrons. The number of carbonyl (C=O) groups excluding carboxylic acids is 2. The predicted molar refractivity (Wildman–Crippen MR) is 96.6 cm³/mol. The Morgan fingerprint density at radius 1 is 1.44 bits per heavy atom. The number of likely N-dealkylation sites (tertiary alicyclic amines) is 1. The van der Waals surface area contributed by atoms with Crippen molar-refractivity contribution in [2.75, 3.05) is 26.7 Å². The van der Waals surface area contributed by atoms with Gasteiger partial charge in [0, 0.05) is 31.2 Å². The molecule has 2 aliphatic rings. The third-order valence-corrected chi connectivity index (χ3v) is 4.96. The smallest absolute Gasteiger partial charge is 0.256 e. The van der Waals surface area contributed by atoms with Crippen LogP contribution in [0.1, 0.15) is 31.2 Å². The van der Waals surface area contributed by atoms with Crippen LogP contribution in [0.15, 0.2) is 18.2 Å². The first-order chi connectivity index (χ1) is 12.9. The van der Waals surface area contributed by atoms with Gasteiger partial charge in [-0.3, -0.25) is 9.59 Å². The summed E-state index contributed by atoms with van der Waals surface area (Å²) in [6.07, 6.45) is 2.91. The highest BCUT2D eigenvalue weighted by molar-refractivity contribution is 5.86. The van der Waals surface area contributed by atoms with Crippen LogP contribution in [0.4, 0.5) is 4.39 Å². The molecule has 3 rings (SSSR count). The summed E-state index contributed by atoms with van der Waals surface area (Å²) >= 11 is 0. The molecule has 0 bridgehead atoms. The topological polar surface area (TPSA) is 90.9 Å². The molecule has 2 amide bonds. The molecule has 8 heteroatoms. The van der Waals surface area contributed by atoms with E-state index in [-0.39, 0.29) is 31.6 Å². The van der Waals surface area contributed by atoms with E-state index in [0.717, 1.165) is 12.8 Å². The van der Waals surface area contributed by atoms with Crippen LogP contribution in [0.3, 0.4) is 0 Å². The third-order valence-electron chi connectivity index (χ3n) is 4.96. The lowest BCUT2D eigenvalue weighted by atomic mass is 9.91. The summed E-state index contributed by atoms with van der Waals surface area (Å²) in [6.45, 7) is 0.546. The average molecular weight is 379 g/mol. The van der Waals surface area contributed by atoms with E-state index in [9.17, 15) is 19.1 Å². The Labute approximate surface area is 157 Å². The molecule has 1 unspecified atom stereocenters. The quantitative estimate of drug-likeness (QED) is 0.614. The highest BCUT2D eigenvalue weighted by Crippen LogP contribution is 2.25. The van der Waals surface area contributed by atoms with Gasteiger partial charge in [-0.15, -0.1) is 0 Å². The molecule has 1 aromatic rings. The number of hydrogen-bond acceptors (Lipinski definition) is 5. The van der Waals surface area contributed by atoms with E-state index in [1.54, 1.807) is 6.07 Å². The molecule has 1 atom stereocenters. The highest BCUT2D eigenvalue weighted by atomic mass is 19.1. The van der Waals surface area contributed by atoms with Crippen LogP contribution in [0, 0.1) is 5.82 Å². The minimum Gasteiger partial charge on any atom is -0.497 e. The molecule has 2 fully saturated rings. The van der Waals surface area contributed by atoms with Crippen molar-refractivity contribution < 1.29 is 23.8 Å². The standard InChI is InChI=1S/C19H26FN3O4/c1-27-15-5-6-16(20)13(9-15)11-23-8-2-7-19(26,18(23)25)12-21-10-17(24)22-14-3-4-14/h5-6,9,14,21,26H,2-4,7-8,10-12H2,1H3,(H,22,24). The fourth-order valence-corrected chi connectivity index (χ4v) is 3.27. The van der Waals surface area contributed by atoms with Gasteiger partial charge in [0.05, 0.1) is 13.7 Å². The van der Waals surface area contributed by atoms with Gasteiger partial charge in [-0.2, -0.15) is 0 Å². The predicted octanol–water partition coefficient (Wildman–Crippen LogP) is 0.556. The Bertz CT molecular complexity index is 710. The Morgan fingerprint density at radius 3 is 2.93 bits per heavy atom. The number of hydrogen-bond donors (Lipinski definition) is 3. The van der Waals surface area contributed by atoms with Gasteiger partial charge in [-0.25, -0.2) is 4.39 Å². The molecular formula is C19H26FN3O4. The minimum atomic E-state index is -1.59. The van der Waals surface area contributed by atoms with E-state index in [4.69, 9.17) is 4.74 Å². The van der Waals surface area contributed by atoms with Crippen LogP contribution in [0.5, 0.6) is 5.75 Å². The molecule has 1 aliphatic carbocycles. The van der Waals surface area contributed by atoms with Crippen molar-refractivity contribution in [3.8, 4) is 5.75 Å². The zero-order valence-electron chi connectivity index (χ0n) is 15.5. The van der Waals surface area contributed by atoms with E-state index in [2.05, 4.69) is 10.6 Å². The molecule has 1 saturated carbocycles. The normalized spacial score (nSPS) is 22.6. The molecule has 148 valence electrons. The Kier molecular flexibility index (Phi) is 5.96. The number of nitrogens with zero attached hydrogens (tertiary/aromatic N) is 1. The number of benzene rings is 1. The number of halogens is 1. The number of rotatable bonds is 8. The number of methoxy groups -OCH3 is 1. The molecule has 0 spiro atoms. The lowest BCUT2D eigenvalue weighted by Crippen LogP contribution is -2.58. The molecule has 27 heavy (non-hydrogen) atoms. The number of nitrogens with one attached hydrogen (secondary N) is 2. The van der Waals surface area contributed by atoms with Crippen molar-refractivity contribution in [2.45, 2.75) is 43.9 Å². The number of ether oxygens (including phenoxy) is 1. The summed E-state index contributed by atoms with van der Waals surface area (Å²) in [6, 6.07) is 4.64. The zero-order chi connectivity index (χ0) is 19.4. The van der Waals surface area contributed by atoms with Crippen LogP contribution in [-0.2, 0) is 16.1 Å². The van der Waals surface area contributed by atoms with Crippen LogP contribution < -0.4 is 15.4 Å². The Morgan fingerprint density at radius 2 is 2.22 bits per heavy atom. The Hall–Kier alpha value is -2.19. The summed E-state index contributed by atoms with van der Waals surface area (Å²) < 4.78 is 19.2. The maximum Gasteiger partial charge on any atom is 0.256 e. The average Bonchev–Trinajstić information content (AvgIpc) is 3.45. The van der Waals surface area contributed by atoms with Gasteiger partial charge in [-0.1, -0.05) is 0 Å². The first-order valence-corrected chi connectivity index (χ1v) is 9.25. The molecule has 3 N–H and O–H groups in total. The van der Waals surface area contributed by atoms with E-state index in [1.165, 1.54) is 24.1 Å². The summed E-state index contributed by atoms with van der Waals surface area (Å²) in [5, 5.41) is 16.5. The second kappa shape index (κ2) is 8.22. The lowest BCUT2D eigenvalue weighted by Gasteiger charge is -2.38. The van der Waals surface area contributed by atoms with Crippen molar-refractivity contribution in [3.63, 3.8) is 0 Å². The molecule has 1 saturated heterocycles. The third kappa shape index (κ3) is 4.95. The summed E-state index contributed by atoms with van der Waals surface area (Å²) in [7, 11) is 1.49.